The summed E-state index contributed by atoms with van der Waals surface area (Å²) >= 11 is 1.43. The van der Waals surface area contributed by atoms with E-state index < -0.39 is 0 Å². The van der Waals surface area contributed by atoms with Crippen molar-refractivity contribution in [3.63, 3.8) is 0 Å². The summed E-state index contributed by atoms with van der Waals surface area (Å²) in [6, 6.07) is 18.2. The molecule has 2 N–H and O–H groups in total. The molecule has 0 unspecified atom stereocenters. The minimum absolute atomic E-state index is 0.0368. The molecule has 0 radical (unpaired) electrons. The van der Waals surface area contributed by atoms with Gasteiger partial charge in [0.2, 0.25) is 5.91 Å². The first-order chi connectivity index (χ1) is 16.3. The van der Waals surface area contributed by atoms with Gasteiger partial charge < -0.3 is 10.6 Å². The van der Waals surface area contributed by atoms with E-state index in [1.54, 1.807) is 30.3 Å². The summed E-state index contributed by atoms with van der Waals surface area (Å²) in [6.45, 7) is 4.18. The maximum Gasteiger partial charge on any atom is 0.255 e. The molecule has 6 nitrogen and oxygen atoms in total. The quantitative estimate of drug-likeness (QED) is 0.370. The predicted octanol–water partition coefficient (Wildman–Crippen LogP) is 5.25. The van der Waals surface area contributed by atoms with E-state index in [0.717, 1.165) is 16.0 Å². The van der Waals surface area contributed by atoms with Crippen LogP contribution in [0, 0.1) is 13.8 Å². The Bertz CT molecular complexity index is 1180. The Labute approximate surface area is 203 Å². The van der Waals surface area contributed by atoms with E-state index in [1.807, 2.05) is 44.2 Å². The van der Waals surface area contributed by atoms with Crippen LogP contribution >= 0.6 is 11.3 Å². The zero-order chi connectivity index (χ0) is 24.5. The third-order valence-corrected chi connectivity index (χ3v) is 6.31. The number of carbonyl (C=O) groups excluding carboxylic acids is 4. The van der Waals surface area contributed by atoms with Gasteiger partial charge in [0.25, 0.3) is 5.91 Å². The molecule has 3 rings (SSSR count). The normalized spacial score (nSPS) is 10.5. The lowest BCUT2D eigenvalue weighted by Gasteiger charge is -2.09. The van der Waals surface area contributed by atoms with Crippen LogP contribution in [-0.2, 0) is 16.1 Å². The number of benzene rings is 2. The first-order valence-corrected chi connectivity index (χ1v) is 12.0. The average molecular weight is 477 g/mol. The van der Waals surface area contributed by atoms with Crippen LogP contribution in [0.5, 0.6) is 0 Å². The van der Waals surface area contributed by atoms with Gasteiger partial charge in [-0.3, -0.25) is 19.2 Å². The highest BCUT2D eigenvalue weighted by molar-refractivity contribution is 7.14. The molecule has 0 aliphatic carbocycles. The fraction of sp³-hybridized carbons (Fsp3) is 0.259. The van der Waals surface area contributed by atoms with Crippen molar-refractivity contribution in [1.82, 2.24) is 5.32 Å². The minimum atomic E-state index is -0.234. The van der Waals surface area contributed by atoms with Crippen molar-refractivity contribution in [1.29, 1.82) is 0 Å². The minimum Gasteiger partial charge on any atom is -0.352 e. The predicted molar refractivity (Wildman–Crippen MR) is 134 cm³/mol. The molecule has 2 aromatic carbocycles. The Morgan fingerprint density at radius 3 is 2.26 bits per heavy atom. The van der Waals surface area contributed by atoms with Crippen LogP contribution in [-0.4, -0.2) is 23.4 Å². The number of thiophene rings is 1. The van der Waals surface area contributed by atoms with Gasteiger partial charge in [-0.2, -0.15) is 0 Å². The second kappa shape index (κ2) is 12.0. The lowest BCUT2D eigenvalue weighted by atomic mass is 10.1. The summed E-state index contributed by atoms with van der Waals surface area (Å²) in [4.78, 5) is 50.5. The van der Waals surface area contributed by atoms with Crippen molar-refractivity contribution in [2.75, 3.05) is 5.32 Å². The lowest BCUT2D eigenvalue weighted by molar-refractivity contribution is -0.125. The first-order valence-electron chi connectivity index (χ1n) is 11.1. The van der Waals surface area contributed by atoms with Crippen molar-refractivity contribution < 1.29 is 19.2 Å². The van der Waals surface area contributed by atoms with E-state index >= 15 is 0 Å². The van der Waals surface area contributed by atoms with E-state index in [2.05, 4.69) is 10.6 Å². The molecule has 0 saturated carbocycles. The van der Waals surface area contributed by atoms with Crippen LogP contribution in [0.3, 0.4) is 0 Å². The molecule has 1 aromatic heterocycles. The molecule has 3 aromatic rings. The summed E-state index contributed by atoms with van der Waals surface area (Å²) < 4.78 is 0. The number of hydrogen-bond acceptors (Lipinski definition) is 5. The fourth-order valence-electron chi connectivity index (χ4n) is 3.29. The standard InChI is InChI=1S/C27H28N2O4S/c1-18-6-9-21(10-7-18)27(33)29-22-5-3-4-20(16-22)17-28-26(32)15-12-23(30)11-13-24(31)25-14-8-19(2)34-25/h3-10,14,16H,11-13,15,17H2,1-2H3,(H,28,32)(H,29,33). The van der Waals surface area contributed by atoms with Crippen molar-refractivity contribution >= 4 is 40.4 Å². The van der Waals surface area contributed by atoms with E-state index in [4.69, 9.17) is 0 Å². The monoisotopic (exact) mass is 476 g/mol. The second-order valence-electron chi connectivity index (χ2n) is 8.17. The number of ketones is 2. The number of rotatable bonds is 11. The van der Waals surface area contributed by atoms with Crippen LogP contribution in [0.25, 0.3) is 0 Å². The van der Waals surface area contributed by atoms with Crippen LogP contribution in [0.2, 0.25) is 0 Å². The van der Waals surface area contributed by atoms with Gasteiger partial charge in [-0.1, -0.05) is 29.8 Å². The van der Waals surface area contributed by atoms with Gasteiger partial charge in [0.1, 0.15) is 5.78 Å². The Kier molecular flexibility index (Phi) is 8.87. The molecule has 0 spiro atoms. The van der Waals surface area contributed by atoms with E-state index in [-0.39, 0.29) is 55.6 Å². The summed E-state index contributed by atoms with van der Waals surface area (Å²) in [5, 5.41) is 5.66. The molecule has 0 bridgehead atoms. The van der Waals surface area contributed by atoms with Crippen molar-refractivity contribution in [2.24, 2.45) is 0 Å². The van der Waals surface area contributed by atoms with Gasteiger partial charge in [-0.15, -0.1) is 11.3 Å². The molecule has 0 aliphatic heterocycles. The number of nitrogens with one attached hydrogen (secondary N) is 2. The summed E-state index contributed by atoms with van der Waals surface area (Å²) in [6.07, 6.45) is 0.498. The molecule has 176 valence electrons. The molecule has 7 heteroatoms. The van der Waals surface area contributed by atoms with Crippen LogP contribution in [0.1, 0.15) is 61.7 Å². The second-order valence-corrected chi connectivity index (χ2v) is 9.46. The van der Waals surface area contributed by atoms with Gasteiger partial charge >= 0.3 is 0 Å². The van der Waals surface area contributed by atoms with E-state index in [0.29, 0.717) is 16.1 Å². The number of aryl methyl sites for hydroxylation is 2. The van der Waals surface area contributed by atoms with Crippen molar-refractivity contribution in [3.05, 3.63) is 87.1 Å². The first kappa shape index (κ1) is 25.1. The Morgan fingerprint density at radius 1 is 0.824 bits per heavy atom. The summed E-state index contributed by atoms with van der Waals surface area (Å²) in [5.74, 6) is -0.571. The van der Waals surface area contributed by atoms with E-state index in [9.17, 15) is 19.2 Å². The van der Waals surface area contributed by atoms with Gasteiger partial charge in [-0.25, -0.2) is 0 Å². The topological polar surface area (TPSA) is 92.3 Å². The molecule has 0 fully saturated rings. The van der Waals surface area contributed by atoms with Gasteiger partial charge in [0, 0.05) is 48.4 Å². The fourth-order valence-corrected chi connectivity index (χ4v) is 4.13. The maximum atomic E-state index is 12.4. The molecule has 1 heterocycles. The number of amides is 2. The summed E-state index contributed by atoms with van der Waals surface area (Å²) in [7, 11) is 0. The molecular weight excluding hydrogens is 448 g/mol. The average Bonchev–Trinajstić information content (AvgIpc) is 3.27. The molecular formula is C27H28N2O4S. The van der Waals surface area contributed by atoms with Gasteiger partial charge in [-0.05, 0) is 55.8 Å². The smallest absolute Gasteiger partial charge is 0.255 e. The maximum absolute atomic E-state index is 12.4. The number of hydrogen-bond donors (Lipinski definition) is 2. The van der Waals surface area contributed by atoms with Crippen molar-refractivity contribution in [3.8, 4) is 0 Å². The lowest BCUT2D eigenvalue weighted by Crippen LogP contribution is -2.23. The third kappa shape index (κ3) is 7.78. The van der Waals surface area contributed by atoms with E-state index in [1.165, 1.54) is 11.3 Å². The summed E-state index contributed by atoms with van der Waals surface area (Å²) in [5.41, 5.74) is 3.12. The largest absolute Gasteiger partial charge is 0.352 e. The number of Topliss-reactive ketones (excluding diaryl/α,β-unsaturated/α-hetero) is 2. The highest BCUT2D eigenvalue weighted by Crippen LogP contribution is 2.18. The van der Waals surface area contributed by atoms with Crippen molar-refractivity contribution in [2.45, 2.75) is 46.1 Å². The highest BCUT2D eigenvalue weighted by atomic mass is 32.1. The molecule has 0 aliphatic rings. The number of carbonyl (C=O) groups is 4. The van der Waals surface area contributed by atoms with Gasteiger partial charge in [0.05, 0.1) is 4.88 Å². The highest BCUT2D eigenvalue weighted by Gasteiger charge is 2.13. The third-order valence-electron chi connectivity index (χ3n) is 5.27. The van der Waals surface area contributed by atoms with Crippen LogP contribution in [0.4, 0.5) is 5.69 Å². The molecule has 0 saturated heterocycles. The number of anilines is 1. The SMILES string of the molecule is Cc1ccc(C(=O)Nc2cccc(CNC(=O)CCC(=O)CCC(=O)c3ccc(C)s3)c2)cc1. The zero-order valence-electron chi connectivity index (χ0n) is 19.4. The molecule has 34 heavy (non-hydrogen) atoms. The van der Waals surface area contributed by atoms with Gasteiger partial charge in [0.15, 0.2) is 5.78 Å². The Balaban J connectivity index is 1.39. The molecule has 2 amide bonds. The Morgan fingerprint density at radius 2 is 1.56 bits per heavy atom. The van der Waals surface area contributed by atoms with Crippen LogP contribution < -0.4 is 10.6 Å². The molecule has 0 atom stereocenters. The van der Waals surface area contributed by atoms with Crippen LogP contribution in [0.15, 0.2) is 60.7 Å². The Hall–Kier alpha value is -3.58. The zero-order valence-corrected chi connectivity index (χ0v) is 20.2.